The summed E-state index contributed by atoms with van der Waals surface area (Å²) in [6.07, 6.45) is -3.04. The topological polar surface area (TPSA) is 107 Å². The molecular formula is C26H19F4N5O3. The predicted octanol–water partition coefficient (Wildman–Crippen LogP) is 4.54. The minimum atomic E-state index is -4.56. The van der Waals surface area contributed by atoms with Crippen LogP contribution >= 0.6 is 0 Å². The van der Waals surface area contributed by atoms with Gasteiger partial charge < -0.3 is 15.2 Å². The summed E-state index contributed by atoms with van der Waals surface area (Å²) in [6, 6.07) is 10.7. The van der Waals surface area contributed by atoms with Crippen molar-refractivity contribution in [3.63, 3.8) is 0 Å². The van der Waals surface area contributed by atoms with Crippen LogP contribution in [0, 0.1) is 5.82 Å². The van der Waals surface area contributed by atoms with E-state index >= 15 is 0 Å². The molecule has 5 rings (SSSR count). The van der Waals surface area contributed by atoms with Gasteiger partial charge >= 0.3 is 12.2 Å². The fraction of sp³-hybridized carbons (Fsp3) is 0.154. The van der Waals surface area contributed by atoms with Gasteiger partial charge in [-0.25, -0.2) is 14.2 Å². The molecule has 8 nitrogen and oxygen atoms in total. The summed E-state index contributed by atoms with van der Waals surface area (Å²) in [4.78, 5) is 44.0. The predicted molar refractivity (Wildman–Crippen MR) is 128 cm³/mol. The van der Waals surface area contributed by atoms with Crippen molar-refractivity contribution >= 4 is 29.4 Å². The lowest BCUT2D eigenvalue weighted by Gasteiger charge is -2.25. The molecule has 0 saturated heterocycles. The zero-order chi connectivity index (χ0) is 27.0. The molecule has 0 spiro atoms. The van der Waals surface area contributed by atoms with Crippen LogP contribution in [0.15, 0.2) is 60.9 Å². The monoisotopic (exact) mass is 525 g/mol. The number of nitrogens with zero attached hydrogens (tertiary/aromatic N) is 2. The van der Waals surface area contributed by atoms with Gasteiger partial charge in [-0.2, -0.15) is 13.2 Å². The number of fused-ring (bicyclic) bond motifs is 2. The smallest absolute Gasteiger partial charge is 0.345 e. The number of benzene rings is 3. The van der Waals surface area contributed by atoms with E-state index in [0.29, 0.717) is 22.2 Å². The van der Waals surface area contributed by atoms with Gasteiger partial charge in [0.25, 0.3) is 5.91 Å². The fourth-order valence-electron chi connectivity index (χ4n) is 4.52. The van der Waals surface area contributed by atoms with Crippen molar-refractivity contribution in [2.75, 3.05) is 6.54 Å². The summed E-state index contributed by atoms with van der Waals surface area (Å²) in [5, 5.41) is 4.60. The number of hydrogen-bond acceptors (Lipinski definition) is 4. The Balaban J connectivity index is 1.46. The van der Waals surface area contributed by atoms with Crippen molar-refractivity contribution in [1.29, 1.82) is 0 Å². The minimum Gasteiger partial charge on any atom is -0.345 e. The molecule has 4 aromatic rings. The molecule has 1 atom stereocenters. The zero-order valence-electron chi connectivity index (χ0n) is 19.5. The first-order valence-corrected chi connectivity index (χ1v) is 11.4. The van der Waals surface area contributed by atoms with E-state index in [1.807, 2.05) is 5.32 Å². The lowest BCUT2D eigenvalue weighted by molar-refractivity contribution is -0.137. The van der Waals surface area contributed by atoms with Crippen LogP contribution in [-0.4, -0.2) is 39.8 Å². The highest BCUT2D eigenvalue weighted by molar-refractivity contribution is 5.98. The van der Waals surface area contributed by atoms with Crippen molar-refractivity contribution < 1.29 is 31.9 Å². The van der Waals surface area contributed by atoms with Gasteiger partial charge in [0, 0.05) is 24.2 Å². The number of rotatable bonds is 6. The molecule has 2 heterocycles. The molecule has 0 radical (unpaired) electrons. The van der Waals surface area contributed by atoms with Crippen LogP contribution in [0.4, 0.5) is 22.4 Å². The Bertz CT molecular complexity index is 1550. The van der Waals surface area contributed by atoms with Gasteiger partial charge in [-0.05, 0) is 41.0 Å². The molecule has 4 amide bonds. The number of H-pyrrole nitrogens is 1. The number of alkyl halides is 3. The fourth-order valence-corrected chi connectivity index (χ4v) is 4.52. The molecule has 1 aliphatic rings. The first-order valence-electron chi connectivity index (χ1n) is 11.4. The number of carbonyl (C=O) groups excluding carboxylic acids is 3. The number of imide groups is 1. The van der Waals surface area contributed by atoms with E-state index in [1.54, 1.807) is 24.3 Å². The number of carbonyl (C=O) groups is 3. The Kier molecular flexibility index (Phi) is 6.31. The SMILES string of the molecule is O=CNC(=O)N[C@@H](CN1Cc2ccc(F)cc2C1=O)c1ccc(-c2cc(C(F)(F)F)cc3[nH]cnc23)cc1. The molecule has 1 aliphatic heterocycles. The number of hydrogen-bond donors (Lipinski definition) is 3. The summed E-state index contributed by atoms with van der Waals surface area (Å²) >= 11 is 0. The van der Waals surface area contributed by atoms with Gasteiger partial charge in [0.1, 0.15) is 5.82 Å². The van der Waals surface area contributed by atoms with Crippen LogP contribution in [0.3, 0.4) is 0 Å². The third-order valence-corrected chi connectivity index (χ3v) is 6.32. The summed E-state index contributed by atoms with van der Waals surface area (Å²) in [7, 11) is 0. The standard InChI is InChI=1S/C26H19F4N5O3/c27-18-6-5-16-10-35(24(37)20(16)9-18)11-22(34-25(38)33-13-36)15-3-1-14(2-4-15)19-7-17(26(28,29)30)8-21-23(19)32-12-31-21/h1-9,12-13,22H,10-11H2,(H,31,32)(H2,33,34,36,38)/t22-/m0/s1. The molecule has 38 heavy (non-hydrogen) atoms. The molecule has 0 fully saturated rings. The Morgan fingerprint density at radius 2 is 1.87 bits per heavy atom. The maximum atomic E-state index is 13.7. The molecule has 0 saturated carbocycles. The number of imidazole rings is 1. The van der Waals surface area contributed by atoms with Crippen LogP contribution in [0.25, 0.3) is 22.2 Å². The number of nitrogens with one attached hydrogen (secondary N) is 3. The number of urea groups is 1. The lowest BCUT2D eigenvalue weighted by Crippen LogP contribution is -2.42. The summed E-state index contributed by atoms with van der Waals surface area (Å²) in [6.45, 7) is 0.190. The number of amides is 4. The summed E-state index contributed by atoms with van der Waals surface area (Å²) < 4.78 is 54.0. The highest BCUT2D eigenvalue weighted by Crippen LogP contribution is 2.36. The van der Waals surface area contributed by atoms with E-state index in [4.69, 9.17) is 0 Å². The number of aromatic amines is 1. The number of halogens is 4. The quantitative estimate of drug-likeness (QED) is 0.254. The van der Waals surface area contributed by atoms with Gasteiger partial charge in [-0.3, -0.25) is 14.9 Å². The second kappa shape index (κ2) is 9.61. The molecule has 194 valence electrons. The van der Waals surface area contributed by atoms with Gasteiger partial charge in [-0.15, -0.1) is 0 Å². The zero-order valence-corrected chi connectivity index (χ0v) is 19.5. The second-order valence-corrected chi connectivity index (χ2v) is 8.72. The van der Waals surface area contributed by atoms with Crippen molar-refractivity contribution in [2.24, 2.45) is 0 Å². The van der Waals surface area contributed by atoms with Gasteiger partial charge in [0.15, 0.2) is 0 Å². The van der Waals surface area contributed by atoms with E-state index in [1.165, 1.54) is 23.4 Å². The van der Waals surface area contributed by atoms with E-state index in [-0.39, 0.29) is 36.1 Å². The van der Waals surface area contributed by atoms with Crippen LogP contribution < -0.4 is 10.6 Å². The van der Waals surface area contributed by atoms with E-state index in [9.17, 15) is 31.9 Å². The summed E-state index contributed by atoms with van der Waals surface area (Å²) in [5.41, 5.74) is 1.86. The molecule has 12 heteroatoms. The van der Waals surface area contributed by atoms with E-state index in [2.05, 4.69) is 15.3 Å². The molecule has 0 bridgehead atoms. The van der Waals surface area contributed by atoms with Crippen LogP contribution in [0.5, 0.6) is 0 Å². The summed E-state index contributed by atoms with van der Waals surface area (Å²) in [5.74, 6) is -0.959. The highest BCUT2D eigenvalue weighted by atomic mass is 19.4. The lowest BCUT2D eigenvalue weighted by atomic mass is 9.97. The maximum absolute atomic E-state index is 13.7. The third-order valence-electron chi connectivity index (χ3n) is 6.32. The first kappa shape index (κ1) is 24.9. The molecule has 1 aromatic heterocycles. The normalized spacial score (nSPS) is 13.9. The van der Waals surface area contributed by atoms with Crippen molar-refractivity contribution in [1.82, 2.24) is 25.5 Å². The Morgan fingerprint density at radius 3 is 2.58 bits per heavy atom. The Morgan fingerprint density at radius 1 is 1.11 bits per heavy atom. The minimum absolute atomic E-state index is 0.00603. The average molecular weight is 525 g/mol. The maximum Gasteiger partial charge on any atom is 0.416 e. The molecule has 3 N–H and O–H groups in total. The average Bonchev–Trinajstić information content (AvgIpc) is 3.47. The van der Waals surface area contributed by atoms with Crippen molar-refractivity contribution in [3.8, 4) is 11.1 Å². The molecule has 3 aromatic carbocycles. The molecular weight excluding hydrogens is 506 g/mol. The molecule has 0 unspecified atom stereocenters. The van der Waals surface area contributed by atoms with Crippen molar-refractivity contribution in [3.05, 3.63) is 89.0 Å². The van der Waals surface area contributed by atoms with Crippen LogP contribution in [0.2, 0.25) is 0 Å². The third kappa shape index (κ3) is 4.80. The molecule has 0 aliphatic carbocycles. The van der Waals surface area contributed by atoms with E-state index < -0.39 is 35.5 Å². The highest BCUT2D eigenvalue weighted by Gasteiger charge is 2.33. The largest absolute Gasteiger partial charge is 0.416 e. The van der Waals surface area contributed by atoms with Crippen molar-refractivity contribution in [2.45, 2.75) is 18.8 Å². The van der Waals surface area contributed by atoms with Gasteiger partial charge in [0.05, 0.1) is 29.0 Å². The van der Waals surface area contributed by atoms with Gasteiger partial charge in [0.2, 0.25) is 6.41 Å². The van der Waals surface area contributed by atoms with Gasteiger partial charge in [-0.1, -0.05) is 30.3 Å². The second-order valence-electron chi connectivity index (χ2n) is 8.72. The van der Waals surface area contributed by atoms with E-state index in [0.717, 1.165) is 18.2 Å². The first-order chi connectivity index (χ1) is 18.1. The Labute approximate surface area is 212 Å². The number of aromatic nitrogens is 2. The van der Waals surface area contributed by atoms with Crippen LogP contribution in [0.1, 0.15) is 33.1 Å². The Hall–Kier alpha value is -4.74. The van der Waals surface area contributed by atoms with Crippen LogP contribution in [-0.2, 0) is 17.5 Å².